The van der Waals surface area contributed by atoms with E-state index in [2.05, 4.69) is 20.9 Å². The Labute approximate surface area is 133 Å². The highest BCUT2D eigenvalue weighted by molar-refractivity contribution is 5.85. The summed E-state index contributed by atoms with van der Waals surface area (Å²) in [5.41, 5.74) is 0.765. The van der Waals surface area contributed by atoms with E-state index in [1.807, 2.05) is 0 Å². The van der Waals surface area contributed by atoms with Crippen LogP contribution in [0.3, 0.4) is 0 Å². The van der Waals surface area contributed by atoms with Gasteiger partial charge < -0.3 is 10.1 Å². The number of nitrogens with one attached hydrogen (secondary N) is 2. The Hall–Kier alpha value is -2.64. The molecule has 1 aromatic heterocycles. The Morgan fingerprint density at radius 2 is 2.13 bits per heavy atom. The van der Waals surface area contributed by atoms with E-state index in [0.29, 0.717) is 17.9 Å². The van der Waals surface area contributed by atoms with E-state index in [4.69, 9.17) is 4.74 Å². The van der Waals surface area contributed by atoms with Gasteiger partial charge in [-0.25, -0.2) is 9.18 Å². The molecule has 0 fully saturated rings. The van der Waals surface area contributed by atoms with Crippen LogP contribution in [0.5, 0.6) is 0 Å². The van der Waals surface area contributed by atoms with Crippen molar-refractivity contribution in [1.29, 1.82) is 0 Å². The van der Waals surface area contributed by atoms with Crippen molar-refractivity contribution in [3.63, 3.8) is 0 Å². The summed E-state index contributed by atoms with van der Waals surface area (Å²) in [5, 5.41) is 13.2. The molecule has 0 saturated heterocycles. The Bertz CT molecular complexity index is 693. The van der Waals surface area contributed by atoms with Gasteiger partial charge in [-0.2, -0.15) is 0 Å². The fraction of sp³-hybridized carbons (Fsp3) is 0.400. The molecule has 0 radical (unpaired) electrons. The zero-order valence-corrected chi connectivity index (χ0v) is 13.6. The Morgan fingerprint density at radius 1 is 1.39 bits per heavy atom. The number of carbonyl (C=O) groups is 1. The van der Waals surface area contributed by atoms with Gasteiger partial charge in [0.2, 0.25) is 0 Å². The first-order valence-corrected chi connectivity index (χ1v) is 7.11. The smallest absolute Gasteiger partial charge is 0.412 e. The van der Waals surface area contributed by atoms with Crippen molar-refractivity contribution in [2.45, 2.75) is 32.9 Å². The van der Waals surface area contributed by atoms with Crippen LogP contribution in [0, 0.1) is 5.82 Å². The number of aromatic nitrogens is 3. The van der Waals surface area contributed by atoms with E-state index in [0.717, 1.165) is 0 Å². The van der Waals surface area contributed by atoms with Gasteiger partial charge in [0.25, 0.3) is 0 Å². The van der Waals surface area contributed by atoms with Gasteiger partial charge in [-0.3, -0.25) is 10.00 Å². The molecule has 1 heterocycles. The van der Waals surface area contributed by atoms with Crippen molar-refractivity contribution in [3.05, 3.63) is 35.9 Å². The minimum atomic E-state index is -0.600. The molecule has 0 bridgehead atoms. The number of anilines is 2. The quantitative estimate of drug-likeness (QED) is 0.905. The maximum atomic E-state index is 13.8. The number of halogens is 1. The lowest BCUT2D eigenvalue weighted by molar-refractivity contribution is 0.0636. The third-order valence-electron chi connectivity index (χ3n) is 2.72. The summed E-state index contributed by atoms with van der Waals surface area (Å²) >= 11 is 0. The lowest BCUT2D eigenvalue weighted by atomic mass is 10.2. The molecule has 2 N–H and O–H groups in total. The van der Waals surface area contributed by atoms with Crippen LogP contribution in [0.1, 0.15) is 26.5 Å². The van der Waals surface area contributed by atoms with E-state index in [1.54, 1.807) is 38.7 Å². The van der Waals surface area contributed by atoms with Gasteiger partial charge in [-0.15, -0.1) is 5.10 Å². The summed E-state index contributed by atoms with van der Waals surface area (Å²) in [5.74, 6) is -0.427. The lowest BCUT2D eigenvalue weighted by Crippen LogP contribution is -2.27. The molecule has 0 saturated carbocycles. The predicted octanol–water partition coefficient (Wildman–Crippen LogP) is 2.91. The maximum Gasteiger partial charge on any atom is 0.412 e. The first kappa shape index (κ1) is 16.7. The highest BCUT2D eigenvalue weighted by atomic mass is 19.1. The van der Waals surface area contributed by atoms with Gasteiger partial charge in [0.15, 0.2) is 0 Å². The molecule has 0 spiro atoms. The molecule has 2 aromatic rings. The minimum absolute atomic E-state index is 0.254. The van der Waals surface area contributed by atoms with E-state index in [1.165, 1.54) is 18.2 Å². The summed E-state index contributed by atoms with van der Waals surface area (Å²) in [6, 6.07) is 4.23. The molecule has 0 aliphatic carbocycles. The van der Waals surface area contributed by atoms with Crippen LogP contribution in [0.2, 0.25) is 0 Å². The number of carbonyl (C=O) groups excluding carboxylic acids is 1. The van der Waals surface area contributed by atoms with Crippen LogP contribution in [-0.2, 0) is 18.3 Å². The third kappa shape index (κ3) is 5.24. The number of amides is 1. The van der Waals surface area contributed by atoms with Gasteiger partial charge in [-0.05, 0) is 39.0 Å². The summed E-state index contributed by atoms with van der Waals surface area (Å²) in [6.45, 7) is 5.63. The van der Waals surface area contributed by atoms with Crippen LogP contribution >= 0.6 is 0 Å². The SMILES string of the molecule is Cn1cc(CNc2cc(NC(=O)OC(C)(C)C)ccc2F)nn1. The van der Waals surface area contributed by atoms with E-state index >= 15 is 0 Å². The lowest BCUT2D eigenvalue weighted by Gasteiger charge is -2.20. The number of hydrogen-bond donors (Lipinski definition) is 2. The molecule has 1 amide bonds. The predicted molar refractivity (Wildman–Crippen MR) is 84.6 cm³/mol. The first-order chi connectivity index (χ1) is 10.7. The van der Waals surface area contributed by atoms with Gasteiger partial charge in [0, 0.05) is 18.9 Å². The van der Waals surface area contributed by atoms with Crippen LogP contribution in [0.15, 0.2) is 24.4 Å². The Morgan fingerprint density at radius 3 is 2.74 bits per heavy atom. The largest absolute Gasteiger partial charge is 0.444 e. The summed E-state index contributed by atoms with van der Waals surface area (Å²) < 4.78 is 20.6. The number of aryl methyl sites for hydroxylation is 1. The first-order valence-electron chi connectivity index (χ1n) is 7.11. The van der Waals surface area contributed by atoms with Crippen LogP contribution in [-0.4, -0.2) is 26.7 Å². The molecule has 124 valence electrons. The third-order valence-corrected chi connectivity index (χ3v) is 2.72. The van der Waals surface area contributed by atoms with Crippen molar-refractivity contribution < 1.29 is 13.9 Å². The Kier molecular flexibility index (Phi) is 4.83. The van der Waals surface area contributed by atoms with Crippen molar-refractivity contribution in [1.82, 2.24) is 15.0 Å². The zero-order valence-electron chi connectivity index (χ0n) is 13.6. The molecule has 0 aliphatic rings. The van der Waals surface area contributed by atoms with Gasteiger partial charge >= 0.3 is 6.09 Å². The number of hydrogen-bond acceptors (Lipinski definition) is 5. The van der Waals surface area contributed by atoms with Crippen molar-refractivity contribution >= 4 is 17.5 Å². The molecule has 7 nitrogen and oxygen atoms in total. The average molecular weight is 321 g/mol. The zero-order chi connectivity index (χ0) is 17.0. The van der Waals surface area contributed by atoms with Gasteiger partial charge in [0.05, 0.1) is 12.2 Å². The fourth-order valence-corrected chi connectivity index (χ4v) is 1.82. The van der Waals surface area contributed by atoms with Gasteiger partial charge in [0.1, 0.15) is 17.1 Å². The average Bonchev–Trinajstić information content (AvgIpc) is 2.83. The number of ether oxygens (including phenoxy) is 1. The van der Waals surface area contributed by atoms with Crippen molar-refractivity contribution in [2.24, 2.45) is 7.05 Å². The molecular weight excluding hydrogens is 301 g/mol. The second-order valence-electron chi connectivity index (χ2n) is 6.06. The van der Waals surface area contributed by atoms with Crippen LogP contribution in [0.25, 0.3) is 0 Å². The molecule has 0 aliphatic heterocycles. The van der Waals surface area contributed by atoms with E-state index in [9.17, 15) is 9.18 Å². The molecule has 0 unspecified atom stereocenters. The van der Waals surface area contributed by atoms with Crippen molar-refractivity contribution in [3.8, 4) is 0 Å². The molecule has 23 heavy (non-hydrogen) atoms. The second kappa shape index (κ2) is 6.64. The van der Waals surface area contributed by atoms with Crippen molar-refractivity contribution in [2.75, 3.05) is 10.6 Å². The number of benzene rings is 1. The second-order valence-corrected chi connectivity index (χ2v) is 6.06. The van der Waals surface area contributed by atoms with Crippen LogP contribution in [0.4, 0.5) is 20.6 Å². The molecule has 0 atom stereocenters. The highest BCUT2D eigenvalue weighted by Crippen LogP contribution is 2.21. The molecule has 2 rings (SSSR count). The maximum absolute atomic E-state index is 13.8. The van der Waals surface area contributed by atoms with Gasteiger partial charge in [-0.1, -0.05) is 5.21 Å². The summed E-state index contributed by atoms with van der Waals surface area (Å²) in [4.78, 5) is 11.7. The van der Waals surface area contributed by atoms with E-state index in [-0.39, 0.29) is 5.69 Å². The molecule has 8 heteroatoms. The molecule has 1 aromatic carbocycles. The summed E-state index contributed by atoms with van der Waals surface area (Å²) in [7, 11) is 1.75. The number of nitrogens with zero attached hydrogens (tertiary/aromatic N) is 3. The standard InChI is InChI=1S/C15H20FN5O2/c1-15(2,3)23-14(22)18-10-5-6-12(16)13(7-10)17-8-11-9-21(4)20-19-11/h5-7,9,17H,8H2,1-4H3,(H,18,22). The number of rotatable bonds is 4. The molecular formula is C15H20FN5O2. The summed E-state index contributed by atoms with van der Waals surface area (Å²) in [6.07, 6.45) is 1.14. The minimum Gasteiger partial charge on any atom is -0.444 e. The fourth-order valence-electron chi connectivity index (χ4n) is 1.82. The topological polar surface area (TPSA) is 81.1 Å². The van der Waals surface area contributed by atoms with Crippen LogP contribution < -0.4 is 10.6 Å². The highest BCUT2D eigenvalue weighted by Gasteiger charge is 2.16. The Balaban J connectivity index is 2.02. The normalized spacial score (nSPS) is 11.2. The monoisotopic (exact) mass is 321 g/mol. The van der Waals surface area contributed by atoms with E-state index < -0.39 is 17.5 Å².